The van der Waals surface area contributed by atoms with Gasteiger partial charge in [-0.3, -0.25) is 14.4 Å². The monoisotopic (exact) mass is 560 g/mol. The van der Waals surface area contributed by atoms with Gasteiger partial charge in [-0.1, -0.05) is 64.1 Å². The summed E-state index contributed by atoms with van der Waals surface area (Å²) >= 11 is 0. The van der Waals surface area contributed by atoms with Crippen LogP contribution in [0, 0.1) is 11.8 Å². The van der Waals surface area contributed by atoms with Gasteiger partial charge in [0.25, 0.3) is 5.89 Å². The largest absolute Gasteiger partial charge is 0.434 e. The van der Waals surface area contributed by atoms with Gasteiger partial charge in [-0.05, 0) is 73.4 Å². The van der Waals surface area contributed by atoms with Crippen LogP contribution in [0.5, 0.6) is 0 Å². The molecule has 1 saturated heterocycles. The summed E-state index contributed by atoms with van der Waals surface area (Å²) in [6.45, 7) is 11.1. The van der Waals surface area contributed by atoms with E-state index >= 15 is 0 Å². The highest BCUT2D eigenvalue weighted by Gasteiger charge is 2.27. The molecule has 1 aliphatic heterocycles. The van der Waals surface area contributed by atoms with Crippen molar-refractivity contribution in [3.63, 3.8) is 0 Å². The third-order valence-electron chi connectivity index (χ3n) is 7.92. The average molecular weight is 561 g/mol. The minimum absolute atomic E-state index is 0.0413. The highest BCUT2D eigenvalue weighted by molar-refractivity contribution is 5.99. The van der Waals surface area contributed by atoms with Crippen LogP contribution in [0.1, 0.15) is 87.5 Å². The van der Waals surface area contributed by atoms with Crippen molar-refractivity contribution >= 4 is 28.7 Å². The predicted octanol–water partition coefficient (Wildman–Crippen LogP) is 5.13. The number of benzene rings is 2. The molecule has 2 atom stereocenters. The fraction of sp³-hybridized carbons (Fsp3) is 0.515. The first kappa shape index (κ1) is 30.4. The molecule has 0 spiro atoms. The van der Waals surface area contributed by atoms with Crippen LogP contribution in [0.25, 0.3) is 11.1 Å². The molecule has 2 heterocycles. The molecule has 0 radical (unpaired) electrons. The summed E-state index contributed by atoms with van der Waals surface area (Å²) in [7, 11) is 0. The number of aromatic nitrogens is 1. The second kappa shape index (κ2) is 13.9. The second-order valence-corrected chi connectivity index (χ2v) is 12.3. The van der Waals surface area contributed by atoms with Crippen molar-refractivity contribution in [2.45, 2.75) is 71.1 Å². The van der Waals surface area contributed by atoms with Crippen molar-refractivity contribution in [3.05, 3.63) is 65.5 Å². The maximum atomic E-state index is 13.6. The number of rotatable bonds is 12. The SMILES string of the molecule is CC(CCNC(=O)C1CCNCC1)CC(=O)NCCC(C(=O)c1nc2cc(C(C)(C)C)ccc2o1)c1ccccc1. The minimum atomic E-state index is -0.491. The summed E-state index contributed by atoms with van der Waals surface area (Å²) in [5.41, 5.74) is 3.20. The average Bonchev–Trinajstić information content (AvgIpc) is 3.39. The summed E-state index contributed by atoms with van der Waals surface area (Å²) in [6, 6.07) is 15.4. The van der Waals surface area contributed by atoms with E-state index in [-0.39, 0.29) is 40.7 Å². The molecule has 1 aliphatic rings. The lowest BCUT2D eigenvalue weighted by molar-refractivity contribution is -0.125. The molecule has 2 aromatic carbocycles. The van der Waals surface area contributed by atoms with Crippen molar-refractivity contribution in [1.82, 2.24) is 20.9 Å². The Morgan fingerprint density at radius 1 is 1.00 bits per heavy atom. The molecule has 220 valence electrons. The van der Waals surface area contributed by atoms with Gasteiger partial charge in [-0.25, -0.2) is 4.98 Å². The van der Waals surface area contributed by atoms with Gasteiger partial charge in [0.2, 0.25) is 17.6 Å². The minimum Gasteiger partial charge on any atom is -0.434 e. The van der Waals surface area contributed by atoms with Crippen molar-refractivity contribution in [1.29, 1.82) is 0 Å². The first-order chi connectivity index (χ1) is 19.6. The Hall–Kier alpha value is -3.52. The quantitative estimate of drug-likeness (QED) is 0.265. The van der Waals surface area contributed by atoms with Gasteiger partial charge in [0.1, 0.15) is 5.52 Å². The number of oxazole rings is 1. The van der Waals surface area contributed by atoms with Gasteiger partial charge >= 0.3 is 0 Å². The maximum Gasteiger partial charge on any atom is 0.264 e. The molecule has 41 heavy (non-hydrogen) atoms. The fourth-order valence-corrected chi connectivity index (χ4v) is 5.30. The zero-order valence-corrected chi connectivity index (χ0v) is 24.8. The number of hydrogen-bond acceptors (Lipinski definition) is 6. The molecule has 0 saturated carbocycles. The summed E-state index contributed by atoms with van der Waals surface area (Å²) in [5, 5.41) is 9.29. The molecule has 1 fully saturated rings. The summed E-state index contributed by atoms with van der Waals surface area (Å²) in [5.74, 6) is -0.317. The van der Waals surface area contributed by atoms with Gasteiger partial charge in [-0.15, -0.1) is 0 Å². The molecule has 0 bridgehead atoms. The van der Waals surface area contributed by atoms with Gasteiger partial charge in [0.15, 0.2) is 5.58 Å². The lowest BCUT2D eigenvalue weighted by atomic mass is 9.87. The molecule has 3 N–H and O–H groups in total. The Morgan fingerprint density at radius 2 is 1.71 bits per heavy atom. The zero-order chi connectivity index (χ0) is 29.4. The van der Waals surface area contributed by atoms with E-state index in [1.165, 1.54) is 0 Å². The molecule has 4 rings (SSSR count). The lowest BCUT2D eigenvalue weighted by Gasteiger charge is -2.22. The van der Waals surface area contributed by atoms with Crippen LogP contribution in [0.3, 0.4) is 0 Å². The van der Waals surface area contributed by atoms with Crippen LogP contribution in [-0.4, -0.2) is 48.8 Å². The third kappa shape index (κ3) is 8.49. The number of amides is 2. The van der Waals surface area contributed by atoms with Gasteiger partial charge in [0, 0.05) is 25.4 Å². The number of nitrogens with zero attached hydrogens (tertiary/aromatic N) is 1. The van der Waals surface area contributed by atoms with Crippen LogP contribution in [-0.2, 0) is 15.0 Å². The van der Waals surface area contributed by atoms with E-state index < -0.39 is 5.92 Å². The molecule has 3 aromatic rings. The number of fused-ring (bicyclic) bond motifs is 1. The molecular weight excluding hydrogens is 516 g/mol. The smallest absolute Gasteiger partial charge is 0.264 e. The van der Waals surface area contributed by atoms with E-state index in [9.17, 15) is 14.4 Å². The Labute approximate surface area is 243 Å². The number of nitrogens with one attached hydrogen (secondary N) is 3. The van der Waals surface area contributed by atoms with Crippen LogP contribution in [0.4, 0.5) is 0 Å². The molecule has 8 heteroatoms. The fourth-order valence-electron chi connectivity index (χ4n) is 5.30. The Morgan fingerprint density at radius 3 is 2.41 bits per heavy atom. The van der Waals surface area contributed by atoms with E-state index in [4.69, 9.17) is 4.42 Å². The molecule has 2 amide bonds. The molecule has 2 unspecified atom stereocenters. The number of carbonyl (C=O) groups excluding carboxylic acids is 3. The van der Waals surface area contributed by atoms with Crippen molar-refractivity contribution in [2.75, 3.05) is 26.2 Å². The van der Waals surface area contributed by atoms with Crippen LogP contribution < -0.4 is 16.0 Å². The van der Waals surface area contributed by atoms with Crippen LogP contribution in [0.2, 0.25) is 0 Å². The number of hydrogen-bond donors (Lipinski definition) is 3. The number of Topliss-reactive ketones (excluding diaryl/α,β-unsaturated/α-hetero) is 1. The highest BCUT2D eigenvalue weighted by atomic mass is 16.4. The summed E-state index contributed by atoms with van der Waals surface area (Å²) in [4.78, 5) is 43.2. The Balaban J connectivity index is 1.30. The Kier molecular flexibility index (Phi) is 10.3. The first-order valence-electron chi connectivity index (χ1n) is 14.9. The van der Waals surface area contributed by atoms with Gasteiger partial charge < -0.3 is 20.4 Å². The van der Waals surface area contributed by atoms with E-state index in [0.717, 1.165) is 43.5 Å². The first-order valence-corrected chi connectivity index (χ1v) is 14.9. The van der Waals surface area contributed by atoms with E-state index in [1.807, 2.05) is 55.5 Å². The molecule has 1 aromatic heterocycles. The van der Waals surface area contributed by atoms with E-state index in [0.29, 0.717) is 37.0 Å². The second-order valence-electron chi connectivity index (χ2n) is 12.3. The number of piperidine rings is 1. The standard InChI is InChI=1S/C33H44N4O4/c1-22(12-18-36-31(40)24-13-16-34-17-14-24)20-29(38)35-19-15-26(23-8-6-5-7-9-23)30(39)32-37-27-21-25(33(2,3)4)10-11-28(27)41-32/h5-11,21-22,24,26,34H,12-20H2,1-4H3,(H,35,38)(H,36,40). The molecule has 8 nitrogen and oxygen atoms in total. The maximum absolute atomic E-state index is 13.6. The molecular formula is C33H44N4O4. The van der Waals surface area contributed by atoms with E-state index in [2.05, 4.69) is 41.7 Å². The van der Waals surface area contributed by atoms with E-state index in [1.54, 1.807) is 0 Å². The van der Waals surface area contributed by atoms with Crippen LogP contribution in [0.15, 0.2) is 52.9 Å². The molecule has 0 aliphatic carbocycles. The van der Waals surface area contributed by atoms with Crippen molar-refractivity contribution < 1.29 is 18.8 Å². The third-order valence-corrected chi connectivity index (χ3v) is 7.92. The topological polar surface area (TPSA) is 113 Å². The zero-order valence-electron chi connectivity index (χ0n) is 24.8. The van der Waals surface area contributed by atoms with Crippen LogP contribution >= 0.6 is 0 Å². The number of carbonyl (C=O) groups is 3. The summed E-state index contributed by atoms with van der Waals surface area (Å²) < 4.78 is 5.89. The predicted molar refractivity (Wildman–Crippen MR) is 161 cm³/mol. The van der Waals surface area contributed by atoms with Crippen molar-refractivity contribution in [3.8, 4) is 0 Å². The van der Waals surface area contributed by atoms with Gasteiger partial charge in [0.05, 0.1) is 5.92 Å². The lowest BCUT2D eigenvalue weighted by Crippen LogP contribution is -2.38. The normalized spacial score (nSPS) is 15.8. The number of ketones is 1. The van der Waals surface area contributed by atoms with Crippen molar-refractivity contribution in [2.24, 2.45) is 11.8 Å². The highest BCUT2D eigenvalue weighted by Crippen LogP contribution is 2.29. The summed E-state index contributed by atoms with van der Waals surface area (Å²) in [6.07, 6.45) is 3.29. The van der Waals surface area contributed by atoms with Gasteiger partial charge in [-0.2, -0.15) is 0 Å². The Bertz CT molecular complexity index is 1320.